The molecule has 0 saturated carbocycles. The van der Waals surface area contributed by atoms with Gasteiger partial charge in [0.25, 0.3) is 5.91 Å². The van der Waals surface area contributed by atoms with E-state index in [1.165, 1.54) is 0 Å². The minimum atomic E-state index is -0.206. The molecule has 5 heteroatoms. The quantitative estimate of drug-likeness (QED) is 0.806. The van der Waals surface area contributed by atoms with Crippen LogP contribution < -0.4 is 11.1 Å². The van der Waals surface area contributed by atoms with E-state index in [-0.39, 0.29) is 12.5 Å². The second kappa shape index (κ2) is 6.04. The maximum atomic E-state index is 12.3. The Morgan fingerprint density at radius 2 is 2.30 bits per heavy atom. The summed E-state index contributed by atoms with van der Waals surface area (Å²) in [5, 5.41) is 6.81. The van der Waals surface area contributed by atoms with Gasteiger partial charge in [0.1, 0.15) is 0 Å². The Balaban J connectivity index is 2.30. The molecule has 2 rings (SSSR count). The Morgan fingerprint density at radius 1 is 1.50 bits per heavy atom. The molecule has 5 nitrogen and oxygen atoms in total. The highest BCUT2D eigenvalue weighted by Crippen LogP contribution is 2.14. The van der Waals surface area contributed by atoms with Crippen molar-refractivity contribution in [1.29, 1.82) is 0 Å². The van der Waals surface area contributed by atoms with Crippen LogP contribution in [0, 0.1) is 18.8 Å². The van der Waals surface area contributed by atoms with Crippen LogP contribution in [0.4, 0.5) is 5.69 Å². The van der Waals surface area contributed by atoms with Crippen molar-refractivity contribution in [3.05, 3.63) is 47.3 Å². The van der Waals surface area contributed by atoms with E-state index in [0.717, 1.165) is 5.56 Å². The summed E-state index contributed by atoms with van der Waals surface area (Å²) < 4.78 is 1.63. The molecule has 0 atom stereocenters. The smallest absolute Gasteiger partial charge is 0.257 e. The summed E-state index contributed by atoms with van der Waals surface area (Å²) in [6.07, 6.45) is 3.33. The molecule has 1 aromatic carbocycles. The van der Waals surface area contributed by atoms with Gasteiger partial charge in [0, 0.05) is 18.8 Å². The first-order valence-electron chi connectivity index (χ1n) is 6.19. The highest BCUT2D eigenvalue weighted by molar-refractivity contribution is 6.06. The zero-order chi connectivity index (χ0) is 14.5. The number of nitrogens with zero attached hydrogens (tertiary/aromatic N) is 2. The SMILES string of the molecule is Cc1ccc(C#CCN)c(C(=O)Nc2cnn(C)c2)c1. The predicted molar refractivity (Wildman–Crippen MR) is 78.3 cm³/mol. The topological polar surface area (TPSA) is 72.9 Å². The molecule has 0 spiro atoms. The molecule has 2 aromatic rings. The number of carbonyl (C=O) groups excluding carboxylic acids is 1. The van der Waals surface area contributed by atoms with Gasteiger partial charge in [-0.15, -0.1) is 0 Å². The number of benzene rings is 1. The average Bonchev–Trinajstić information content (AvgIpc) is 2.82. The van der Waals surface area contributed by atoms with Crippen molar-refractivity contribution in [3.8, 4) is 11.8 Å². The van der Waals surface area contributed by atoms with E-state index in [4.69, 9.17) is 5.73 Å². The lowest BCUT2D eigenvalue weighted by Crippen LogP contribution is -2.13. The van der Waals surface area contributed by atoms with Crippen molar-refractivity contribution in [2.24, 2.45) is 12.8 Å². The summed E-state index contributed by atoms with van der Waals surface area (Å²) in [5.41, 5.74) is 8.23. The Morgan fingerprint density at radius 3 is 2.95 bits per heavy atom. The van der Waals surface area contributed by atoms with Crippen molar-refractivity contribution in [2.75, 3.05) is 11.9 Å². The fourth-order valence-electron chi connectivity index (χ4n) is 1.79. The molecule has 0 radical (unpaired) electrons. The predicted octanol–water partition coefficient (Wildman–Crippen LogP) is 1.29. The maximum absolute atomic E-state index is 12.3. The molecule has 0 saturated heterocycles. The van der Waals surface area contributed by atoms with Gasteiger partial charge in [0.05, 0.1) is 24.0 Å². The Labute approximate surface area is 117 Å². The molecule has 0 fully saturated rings. The number of carbonyl (C=O) groups is 1. The van der Waals surface area contributed by atoms with Gasteiger partial charge in [0.15, 0.2) is 0 Å². The highest BCUT2D eigenvalue weighted by Gasteiger charge is 2.11. The Bertz CT molecular complexity index is 691. The van der Waals surface area contributed by atoms with Gasteiger partial charge < -0.3 is 11.1 Å². The van der Waals surface area contributed by atoms with Gasteiger partial charge in [-0.3, -0.25) is 9.48 Å². The molecule has 1 heterocycles. The summed E-state index contributed by atoms with van der Waals surface area (Å²) in [6.45, 7) is 2.19. The van der Waals surface area contributed by atoms with Crippen LogP contribution in [-0.2, 0) is 7.05 Å². The van der Waals surface area contributed by atoms with Gasteiger partial charge >= 0.3 is 0 Å². The van der Waals surface area contributed by atoms with Gasteiger partial charge in [-0.05, 0) is 19.1 Å². The van der Waals surface area contributed by atoms with Crippen molar-refractivity contribution < 1.29 is 4.79 Å². The molecular formula is C15H16N4O. The lowest BCUT2D eigenvalue weighted by molar-refractivity contribution is 0.102. The number of nitrogens with two attached hydrogens (primary N) is 1. The molecule has 0 aliphatic carbocycles. The third-order valence-electron chi connectivity index (χ3n) is 2.71. The third-order valence-corrected chi connectivity index (χ3v) is 2.71. The van der Waals surface area contributed by atoms with Crippen LogP contribution in [0.15, 0.2) is 30.6 Å². The van der Waals surface area contributed by atoms with Crippen molar-refractivity contribution in [1.82, 2.24) is 9.78 Å². The number of rotatable bonds is 2. The van der Waals surface area contributed by atoms with Crippen molar-refractivity contribution in [2.45, 2.75) is 6.92 Å². The molecular weight excluding hydrogens is 252 g/mol. The number of hydrogen-bond donors (Lipinski definition) is 2. The number of hydrogen-bond acceptors (Lipinski definition) is 3. The fourth-order valence-corrected chi connectivity index (χ4v) is 1.79. The summed E-state index contributed by atoms with van der Waals surface area (Å²) in [4.78, 5) is 12.3. The zero-order valence-electron chi connectivity index (χ0n) is 11.5. The summed E-state index contributed by atoms with van der Waals surface area (Å²) in [7, 11) is 1.79. The van der Waals surface area contributed by atoms with Crippen LogP contribution in [0.1, 0.15) is 21.5 Å². The molecule has 0 aliphatic heterocycles. The maximum Gasteiger partial charge on any atom is 0.257 e. The minimum absolute atomic E-state index is 0.206. The molecule has 1 aromatic heterocycles. The van der Waals surface area contributed by atoms with Gasteiger partial charge in [0.2, 0.25) is 0 Å². The molecule has 0 unspecified atom stereocenters. The fraction of sp³-hybridized carbons (Fsp3) is 0.200. The lowest BCUT2D eigenvalue weighted by atomic mass is 10.0. The summed E-state index contributed by atoms with van der Waals surface area (Å²) in [5.74, 6) is 5.48. The van der Waals surface area contributed by atoms with Crippen LogP contribution in [0.2, 0.25) is 0 Å². The van der Waals surface area contributed by atoms with E-state index in [9.17, 15) is 4.79 Å². The molecule has 1 amide bonds. The summed E-state index contributed by atoms with van der Waals surface area (Å²) >= 11 is 0. The van der Waals surface area contributed by atoms with Crippen LogP contribution in [0.3, 0.4) is 0 Å². The van der Waals surface area contributed by atoms with Crippen molar-refractivity contribution in [3.63, 3.8) is 0 Å². The second-order valence-electron chi connectivity index (χ2n) is 4.41. The van der Waals surface area contributed by atoms with Gasteiger partial charge in [-0.25, -0.2) is 0 Å². The standard InChI is InChI=1S/C15H16N4O/c1-11-5-6-12(4-3-7-16)14(8-11)15(20)18-13-9-17-19(2)10-13/h5-6,8-10H,7,16H2,1-2H3,(H,18,20). The molecule has 20 heavy (non-hydrogen) atoms. The van der Waals surface area contributed by atoms with E-state index in [1.807, 2.05) is 25.1 Å². The average molecular weight is 268 g/mol. The zero-order valence-corrected chi connectivity index (χ0v) is 11.5. The van der Waals surface area contributed by atoms with Crippen molar-refractivity contribution >= 4 is 11.6 Å². The molecule has 102 valence electrons. The van der Waals surface area contributed by atoms with Crippen LogP contribution >= 0.6 is 0 Å². The minimum Gasteiger partial charge on any atom is -0.320 e. The van der Waals surface area contributed by atoms with E-state index in [0.29, 0.717) is 16.8 Å². The van der Waals surface area contributed by atoms with E-state index < -0.39 is 0 Å². The van der Waals surface area contributed by atoms with Crippen LogP contribution in [0.5, 0.6) is 0 Å². The normalized spacial score (nSPS) is 9.75. The number of nitrogens with one attached hydrogen (secondary N) is 1. The third kappa shape index (κ3) is 3.25. The Hall–Kier alpha value is -2.58. The van der Waals surface area contributed by atoms with Gasteiger partial charge in [-0.2, -0.15) is 5.10 Å². The van der Waals surface area contributed by atoms with E-state index in [2.05, 4.69) is 22.3 Å². The van der Waals surface area contributed by atoms with Gasteiger partial charge in [-0.1, -0.05) is 23.5 Å². The van der Waals surface area contributed by atoms with Crippen LogP contribution in [-0.4, -0.2) is 22.2 Å². The summed E-state index contributed by atoms with van der Waals surface area (Å²) in [6, 6.07) is 5.56. The first-order valence-corrected chi connectivity index (χ1v) is 6.19. The molecule has 3 N–H and O–H groups in total. The number of aryl methyl sites for hydroxylation is 2. The monoisotopic (exact) mass is 268 g/mol. The first-order chi connectivity index (χ1) is 9.60. The molecule has 0 aliphatic rings. The van der Waals surface area contributed by atoms with E-state index in [1.54, 1.807) is 24.1 Å². The lowest BCUT2D eigenvalue weighted by Gasteiger charge is -2.06. The number of aromatic nitrogens is 2. The van der Waals surface area contributed by atoms with Crippen LogP contribution in [0.25, 0.3) is 0 Å². The molecule has 0 bridgehead atoms. The first kappa shape index (κ1) is 13.8. The number of anilines is 1. The largest absolute Gasteiger partial charge is 0.320 e. The second-order valence-corrected chi connectivity index (χ2v) is 4.41. The number of amides is 1. The Kier molecular flexibility index (Phi) is 4.18. The highest BCUT2D eigenvalue weighted by atomic mass is 16.1. The van der Waals surface area contributed by atoms with E-state index >= 15 is 0 Å².